The van der Waals surface area contributed by atoms with Gasteiger partial charge in [0.1, 0.15) is 17.4 Å². The second-order valence-electron chi connectivity index (χ2n) is 3.80. The first-order valence-electron chi connectivity index (χ1n) is 5.47. The van der Waals surface area contributed by atoms with Gasteiger partial charge >= 0.3 is 10.6 Å². The molecule has 1 atom stereocenters. The average molecular weight is 365 g/mol. The molecule has 0 aliphatic carbocycles. The average Bonchev–Trinajstić information content (AvgIpc) is 2.43. The van der Waals surface area contributed by atoms with Gasteiger partial charge < -0.3 is 4.74 Å². The minimum Gasteiger partial charge on any atom is -0.496 e. The van der Waals surface area contributed by atoms with Crippen LogP contribution in [0.2, 0.25) is 0 Å². The van der Waals surface area contributed by atoms with Crippen molar-refractivity contribution >= 4 is 34.0 Å². The quantitative estimate of drug-likeness (QED) is 0.405. The normalized spacial score (nSPS) is 14.9. The van der Waals surface area contributed by atoms with Crippen molar-refractivity contribution in [2.24, 2.45) is 0 Å². The van der Waals surface area contributed by atoms with E-state index in [2.05, 4.69) is 11.6 Å². The molecule has 0 radical (unpaired) electrons. The molecule has 9 heteroatoms. The summed E-state index contributed by atoms with van der Waals surface area (Å²) in [4.78, 5) is -0.682. The van der Waals surface area contributed by atoms with Crippen LogP contribution in [0.3, 0.4) is 0 Å². The first kappa shape index (κ1) is 18.3. The Morgan fingerprint density at radius 3 is 2.29 bits per heavy atom. The second-order valence-corrected chi connectivity index (χ2v) is 6.11. The van der Waals surface area contributed by atoms with E-state index in [-0.39, 0.29) is 6.61 Å². The molecule has 21 heavy (non-hydrogen) atoms. The molecule has 118 valence electrons. The lowest BCUT2D eigenvalue weighted by atomic mass is 10.2. The van der Waals surface area contributed by atoms with Crippen molar-refractivity contribution in [3.63, 3.8) is 0 Å². The summed E-state index contributed by atoms with van der Waals surface area (Å²) < 4.78 is 67.8. The highest BCUT2D eigenvalue weighted by Crippen LogP contribution is 2.42. The number of benzene rings is 1. The molecule has 1 unspecified atom stereocenters. The number of rotatable bonds is 7. The fourth-order valence-corrected chi connectivity index (χ4v) is 2.56. The van der Waals surface area contributed by atoms with E-state index in [0.717, 1.165) is 0 Å². The number of halogens is 6. The summed E-state index contributed by atoms with van der Waals surface area (Å²) in [6.07, 6.45) is 0.687. The summed E-state index contributed by atoms with van der Waals surface area (Å²) in [7, 11) is -3.41. The van der Waals surface area contributed by atoms with Crippen molar-refractivity contribution in [3.8, 4) is 0 Å². The van der Waals surface area contributed by atoms with Crippen LogP contribution < -0.4 is 0 Å². The zero-order valence-corrected chi connectivity index (χ0v) is 12.7. The van der Waals surface area contributed by atoms with E-state index in [1.165, 1.54) is 0 Å². The maximum absolute atomic E-state index is 13.2. The van der Waals surface area contributed by atoms with E-state index < -0.39 is 32.2 Å². The molecule has 1 aromatic carbocycles. The van der Waals surface area contributed by atoms with Gasteiger partial charge in [-0.3, -0.25) is 0 Å². The van der Waals surface area contributed by atoms with E-state index >= 15 is 0 Å². The predicted octanol–water partition coefficient (Wildman–Crippen LogP) is 4.46. The Bertz CT molecular complexity index is 518. The minimum absolute atomic E-state index is 0.0126. The summed E-state index contributed by atoms with van der Waals surface area (Å²) >= 11 is 9.60. The van der Waals surface area contributed by atoms with Gasteiger partial charge in [0.05, 0.1) is 17.0 Å². The SMILES string of the molecule is O=S(/C(=C/OCc1ccccc1)CCl)C(F)(F)C(F)(F)Cl. The fraction of sp³-hybridized carbons (Fsp3) is 0.333. The van der Waals surface area contributed by atoms with Crippen LogP contribution in [0.25, 0.3) is 0 Å². The molecule has 0 bridgehead atoms. The van der Waals surface area contributed by atoms with Gasteiger partial charge in [0.2, 0.25) is 0 Å². The molecule has 0 aliphatic heterocycles. The first-order valence-corrected chi connectivity index (χ1v) is 7.53. The monoisotopic (exact) mass is 364 g/mol. The fourth-order valence-electron chi connectivity index (χ4n) is 1.20. The maximum Gasteiger partial charge on any atom is 0.401 e. The summed E-state index contributed by atoms with van der Waals surface area (Å²) in [5, 5.41) is -9.91. The van der Waals surface area contributed by atoms with Crippen LogP contribution in [0.4, 0.5) is 17.6 Å². The second kappa shape index (κ2) is 7.47. The Balaban J connectivity index is 2.78. The summed E-state index contributed by atoms with van der Waals surface area (Å²) in [5.41, 5.74) is 0.711. The van der Waals surface area contributed by atoms with Crippen LogP contribution in [-0.4, -0.2) is 20.7 Å². The van der Waals surface area contributed by atoms with E-state index in [0.29, 0.717) is 11.8 Å². The van der Waals surface area contributed by atoms with Crippen LogP contribution in [0, 0.1) is 0 Å². The highest BCUT2D eigenvalue weighted by molar-refractivity contribution is 7.90. The van der Waals surface area contributed by atoms with Crippen LogP contribution >= 0.6 is 23.2 Å². The molecule has 1 aromatic rings. The third-order valence-electron chi connectivity index (χ3n) is 2.24. The van der Waals surface area contributed by atoms with Crippen LogP contribution in [0.5, 0.6) is 0 Å². The lowest BCUT2D eigenvalue weighted by Gasteiger charge is -2.20. The summed E-state index contributed by atoms with van der Waals surface area (Å²) in [5.74, 6) is -0.663. The molecule has 0 heterocycles. The van der Waals surface area contributed by atoms with Gasteiger partial charge in [-0.05, 0) is 17.2 Å². The molecule has 0 saturated carbocycles. The van der Waals surface area contributed by atoms with E-state index in [1.54, 1.807) is 30.3 Å². The Hall–Kier alpha value is -0.790. The molecule has 0 amide bonds. The number of ether oxygens (including phenoxy) is 1. The van der Waals surface area contributed by atoms with Crippen molar-refractivity contribution in [1.82, 2.24) is 0 Å². The molecular formula is C12H10Cl2F4O2S. The van der Waals surface area contributed by atoms with Crippen molar-refractivity contribution in [2.45, 2.75) is 17.2 Å². The Morgan fingerprint density at radius 2 is 1.81 bits per heavy atom. The molecule has 0 aliphatic rings. The molecule has 1 rings (SSSR count). The largest absolute Gasteiger partial charge is 0.496 e. The predicted molar refractivity (Wildman–Crippen MR) is 73.9 cm³/mol. The van der Waals surface area contributed by atoms with Gasteiger partial charge in [0.15, 0.2) is 0 Å². The van der Waals surface area contributed by atoms with Crippen LogP contribution in [0.15, 0.2) is 41.5 Å². The summed E-state index contributed by atoms with van der Waals surface area (Å²) in [6.45, 7) is -0.0126. The molecular weight excluding hydrogens is 355 g/mol. The standard InChI is InChI=1S/C12H10Cl2F4O2S/c13-6-10(21(19)12(17,18)11(14,15)16)8-20-7-9-4-2-1-3-5-9/h1-5,8H,6-7H2/b10-8+. The maximum atomic E-state index is 13.2. The lowest BCUT2D eigenvalue weighted by molar-refractivity contribution is -0.0928. The number of allylic oxidation sites excluding steroid dienone is 1. The van der Waals surface area contributed by atoms with Gasteiger partial charge in [0.25, 0.3) is 0 Å². The zero-order chi connectivity index (χ0) is 16.1. The highest BCUT2D eigenvalue weighted by atomic mass is 35.5. The zero-order valence-electron chi connectivity index (χ0n) is 10.4. The molecule has 0 saturated heterocycles. The van der Waals surface area contributed by atoms with Crippen molar-refractivity contribution in [1.29, 1.82) is 0 Å². The number of hydrogen-bond donors (Lipinski definition) is 0. The molecule has 0 aromatic heterocycles. The topological polar surface area (TPSA) is 26.3 Å². The summed E-state index contributed by atoms with van der Waals surface area (Å²) in [6, 6.07) is 8.62. The van der Waals surface area contributed by atoms with E-state index in [9.17, 15) is 21.8 Å². The third-order valence-corrected chi connectivity index (χ3v) is 4.47. The Morgan fingerprint density at radius 1 is 1.24 bits per heavy atom. The van der Waals surface area contributed by atoms with Crippen molar-refractivity contribution in [3.05, 3.63) is 47.1 Å². The molecule has 0 N–H and O–H groups in total. The van der Waals surface area contributed by atoms with Crippen LogP contribution in [0.1, 0.15) is 5.56 Å². The number of hydrogen-bond acceptors (Lipinski definition) is 2. The van der Waals surface area contributed by atoms with Gasteiger partial charge in [-0.2, -0.15) is 17.6 Å². The van der Waals surface area contributed by atoms with E-state index in [4.69, 9.17) is 16.3 Å². The van der Waals surface area contributed by atoms with Crippen molar-refractivity contribution in [2.75, 3.05) is 5.88 Å². The number of alkyl halides is 6. The first-order chi connectivity index (χ1) is 9.70. The Labute approximate surface area is 131 Å². The smallest absolute Gasteiger partial charge is 0.401 e. The molecule has 2 nitrogen and oxygen atoms in total. The lowest BCUT2D eigenvalue weighted by Crippen LogP contribution is -2.40. The van der Waals surface area contributed by atoms with Crippen molar-refractivity contribution < 1.29 is 26.5 Å². The molecule has 0 fully saturated rings. The van der Waals surface area contributed by atoms with Gasteiger partial charge in [0, 0.05) is 0 Å². The van der Waals surface area contributed by atoms with Gasteiger partial charge in [-0.25, -0.2) is 4.21 Å². The highest BCUT2D eigenvalue weighted by Gasteiger charge is 2.60. The van der Waals surface area contributed by atoms with Gasteiger partial charge in [-0.15, -0.1) is 11.6 Å². The van der Waals surface area contributed by atoms with E-state index in [1.807, 2.05) is 0 Å². The minimum atomic E-state index is -4.96. The van der Waals surface area contributed by atoms with Crippen LogP contribution in [-0.2, 0) is 22.1 Å². The molecule has 0 spiro atoms. The third kappa shape index (κ3) is 4.86. The Kier molecular flexibility index (Phi) is 6.49. The van der Waals surface area contributed by atoms with Gasteiger partial charge in [-0.1, -0.05) is 30.3 Å².